The maximum absolute atomic E-state index is 5.49. The average molecular weight is 384 g/mol. The standard InChI is InChI=1S/C18H42NO3Si.ClH/c1-18(2)14-11-9-8-10-12-15-19(3,4)16-13-17-23(20-5,21-6)22-7;/h18H,8-17H2,1-7H3;1H/q+1;/p-1. The molecule has 0 spiro atoms. The van der Waals surface area contributed by atoms with Crippen molar-refractivity contribution in [1.29, 1.82) is 0 Å². The Balaban J connectivity index is 0. The normalized spacial score (nSPS) is 12.5. The zero-order valence-corrected chi connectivity index (χ0v) is 19.0. The molecule has 0 bridgehead atoms. The molecule has 0 amide bonds. The van der Waals surface area contributed by atoms with Gasteiger partial charge in [0.15, 0.2) is 0 Å². The van der Waals surface area contributed by atoms with Crippen LogP contribution in [-0.2, 0) is 13.3 Å². The van der Waals surface area contributed by atoms with Crippen LogP contribution in [0.4, 0.5) is 0 Å². The Bertz CT molecular complexity index is 279. The first-order valence-electron chi connectivity index (χ1n) is 9.28. The van der Waals surface area contributed by atoms with E-state index in [0.717, 1.165) is 29.4 Å². The largest absolute Gasteiger partial charge is 1.00 e. The maximum atomic E-state index is 5.49. The van der Waals surface area contributed by atoms with Crippen LogP contribution in [-0.4, -0.2) is 61.8 Å². The Morgan fingerprint density at radius 3 is 1.71 bits per heavy atom. The van der Waals surface area contributed by atoms with Gasteiger partial charge in [0.2, 0.25) is 0 Å². The van der Waals surface area contributed by atoms with Crippen LogP contribution in [0.3, 0.4) is 0 Å². The summed E-state index contributed by atoms with van der Waals surface area (Å²) in [5.74, 6) is 0.854. The van der Waals surface area contributed by atoms with E-state index in [-0.39, 0.29) is 12.4 Å². The zero-order valence-electron chi connectivity index (χ0n) is 17.2. The molecule has 0 atom stereocenters. The van der Waals surface area contributed by atoms with Gasteiger partial charge < -0.3 is 30.2 Å². The van der Waals surface area contributed by atoms with Crippen LogP contribution in [0.25, 0.3) is 0 Å². The molecule has 0 aromatic carbocycles. The summed E-state index contributed by atoms with van der Waals surface area (Å²) in [5, 5.41) is 0. The zero-order chi connectivity index (χ0) is 17.8. The highest BCUT2D eigenvalue weighted by Gasteiger charge is 2.37. The monoisotopic (exact) mass is 383 g/mol. The molecule has 4 nitrogen and oxygen atoms in total. The van der Waals surface area contributed by atoms with Gasteiger partial charge in [0.25, 0.3) is 0 Å². The van der Waals surface area contributed by atoms with E-state index in [2.05, 4.69) is 27.9 Å². The predicted molar refractivity (Wildman–Crippen MR) is 101 cm³/mol. The van der Waals surface area contributed by atoms with E-state index in [9.17, 15) is 0 Å². The SMILES string of the molecule is CO[Si](CCC[N+](C)(C)CCCCCCCC(C)C)(OC)OC.[Cl-]. The summed E-state index contributed by atoms with van der Waals surface area (Å²) in [5.41, 5.74) is 0. The smallest absolute Gasteiger partial charge is 0.500 e. The molecule has 0 aliphatic carbocycles. The van der Waals surface area contributed by atoms with Gasteiger partial charge in [-0.1, -0.05) is 39.5 Å². The lowest BCUT2D eigenvalue weighted by Gasteiger charge is -2.31. The maximum Gasteiger partial charge on any atom is 0.500 e. The van der Waals surface area contributed by atoms with Gasteiger partial charge in [-0.3, -0.25) is 0 Å². The van der Waals surface area contributed by atoms with E-state index in [4.69, 9.17) is 13.3 Å². The minimum atomic E-state index is -2.39. The van der Waals surface area contributed by atoms with Crippen molar-refractivity contribution in [3.05, 3.63) is 0 Å². The fraction of sp³-hybridized carbons (Fsp3) is 1.00. The number of nitrogens with zero attached hydrogens (tertiary/aromatic N) is 1. The lowest BCUT2D eigenvalue weighted by Crippen LogP contribution is -3.00. The second-order valence-corrected chi connectivity index (χ2v) is 10.8. The van der Waals surface area contributed by atoms with Gasteiger partial charge >= 0.3 is 8.80 Å². The van der Waals surface area contributed by atoms with E-state index in [0.29, 0.717) is 0 Å². The van der Waals surface area contributed by atoms with Crippen LogP contribution in [0.2, 0.25) is 6.04 Å². The summed E-state index contributed by atoms with van der Waals surface area (Å²) in [7, 11) is 7.34. The van der Waals surface area contributed by atoms with E-state index in [1.165, 1.54) is 45.1 Å². The molecule has 0 saturated carbocycles. The predicted octanol–water partition coefficient (Wildman–Crippen LogP) is 1.33. The lowest BCUT2D eigenvalue weighted by atomic mass is 10.0. The second-order valence-electron chi connectivity index (χ2n) is 7.73. The third-order valence-corrected chi connectivity index (χ3v) is 7.56. The topological polar surface area (TPSA) is 27.7 Å². The van der Waals surface area contributed by atoms with E-state index < -0.39 is 8.80 Å². The van der Waals surface area contributed by atoms with E-state index in [1.54, 1.807) is 21.3 Å². The molecule has 0 fully saturated rings. The third-order valence-electron chi connectivity index (χ3n) is 4.72. The van der Waals surface area contributed by atoms with Gasteiger partial charge in [0.05, 0.1) is 27.2 Å². The van der Waals surface area contributed by atoms with Crippen molar-refractivity contribution in [3.8, 4) is 0 Å². The van der Waals surface area contributed by atoms with Gasteiger partial charge in [-0.25, -0.2) is 0 Å². The molecule has 0 aromatic rings. The first-order chi connectivity index (χ1) is 10.8. The summed E-state index contributed by atoms with van der Waals surface area (Å²) in [4.78, 5) is 0. The minimum absolute atomic E-state index is 0. The Morgan fingerprint density at radius 2 is 1.21 bits per heavy atom. The average Bonchev–Trinajstić information content (AvgIpc) is 2.50. The molecule has 0 saturated heterocycles. The molecule has 0 heterocycles. The Morgan fingerprint density at radius 1 is 0.750 bits per heavy atom. The number of hydrogen-bond donors (Lipinski definition) is 0. The number of hydrogen-bond acceptors (Lipinski definition) is 3. The molecule has 0 radical (unpaired) electrons. The van der Waals surface area contributed by atoms with E-state index >= 15 is 0 Å². The summed E-state index contributed by atoms with van der Waals surface area (Å²) in [6.45, 7) is 7.03. The molecule has 0 rings (SSSR count). The van der Waals surface area contributed by atoms with Crippen molar-refractivity contribution < 1.29 is 30.2 Å². The molecule has 0 unspecified atom stereocenters. The highest BCUT2D eigenvalue weighted by Crippen LogP contribution is 2.17. The molecule has 0 N–H and O–H groups in total. The quantitative estimate of drug-likeness (QED) is 0.242. The van der Waals surface area contributed by atoms with Gasteiger partial charge in [-0.05, 0) is 18.8 Å². The fourth-order valence-electron chi connectivity index (χ4n) is 3.01. The van der Waals surface area contributed by atoms with Crippen LogP contribution in [0.5, 0.6) is 0 Å². The molecule has 0 aliphatic heterocycles. The molecular formula is C18H42ClNO3Si. The van der Waals surface area contributed by atoms with Crippen molar-refractivity contribution in [2.24, 2.45) is 5.92 Å². The summed E-state index contributed by atoms with van der Waals surface area (Å²) >= 11 is 0. The van der Waals surface area contributed by atoms with Crippen molar-refractivity contribution in [3.63, 3.8) is 0 Å². The fourth-order valence-corrected chi connectivity index (χ4v) is 4.72. The summed E-state index contributed by atoms with van der Waals surface area (Å²) in [6.07, 6.45) is 9.35. The van der Waals surface area contributed by atoms with Crippen molar-refractivity contribution in [2.45, 2.75) is 64.8 Å². The Kier molecular flexibility index (Phi) is 16.1. The first kappa shape index (κ1) is 26.6. The van der Waals surface area contributed by atoms with E-state index in [1.807, 2.05) is 0 Å². The third kappa shape index (κ3) is 12.7. The molecule has 0 aliphatic rings. The van der Waals surface area contributed by atoms with Gasteiger partial charge in [0, 0.05) is 33.8 Å². The van der Waals surface area contributed by atoms with Gasteiger partial charge in [0.1, 0.15) is 0 Å². The Labute approximate surface area is 158 Å². The van der Waals surface area contributed by atoms with Crippen molar-refractivity contribution >= 4 is 8.80 Å². The van der Waals surface area contributed by atoms with Gasteiger partial charge in [-0.15, -0.1) is 0 Å². The number of rotatable bonds is 15. The number of halogens is 1. The summed E-state index contributed by atoms with van der Waals surface area (Å²) in [6, 6.07) is 0.896. The van der Waals surface area contributed by atoms with Crippen LogP contribution in [0.15, 0.2) is 0 Å². The molecular weight excluding hydrogens is 342 g/mol. The number of quaternary nitrogens is 1. The molecule has 6 heteroatoms. The van der Waals surface area contributed by atoms with Gasteiger partial charge in [-0.2, -0.15) is 0 Å². The Hall–Kier alpha value is 0.347. The second kappa shape index (κ2) is 14.5. The van der Waals surface area contributed by atoms with Crippen LogP contribution in [0, 0.1) is 5.92 Å². The van der Waals surface area contributed by atoms with Crippen molar-refractivity contribution in [2.75, 3.05) is 48.5 Å². The highest BCUT2D eigenvalue weighted by atomic mass is 35.5. The highest BCUT2D eigenvalue weighted by molar-refractivity contribution is 6.60. The number of unbranched alkanes of at least 4 members (excludes halogenated alkanes) is 4. The first-order valence-corrected chi connectivity index (χ1v) is 11.2. The molecule has 148 valence electrons. The van der Waals surface area contributed by atoms with Crippen LogP contribution < -0.4 is 12.4 Å². The summed E-state index contributed by atoms with van der Waals surface area (Å²) < 4.78 is 17.6. The van der Waals surface area contributed by atoms with Crippen molar-refractivity contribution in [1.82, 2.24) is 0 Å². The molecule has 0 aromatic heterocycles. The molecule has 24 heavy (non-hydrogen) atoms. The lowest BCUT2D eigenvalue weighted by molar-refractivity contribution is -0.890. The van der Waals surface area contributed by atoms with Crippen LogP contribution >= 0.6 is 0 Å². The van der Waals surface area contributed by atoms with Crippen LogP contribution in [0.1, 0.15) is 58.8 Å². The minimum Gasteiger partial charge on any atom is -1.00 e.